The van der Waals surface area contributed by atoms with Gasteiger partial charge in [0.2, 0.25) is 6.10 Å². The summed E-state index contributed by atoms with van der Waals surface area (Å²) in [6.45, 7) is 4.38. The van der Waals surface area contributed by atoms with Crippen LogP contribution in [-0.4, -0.2) is 60.6 Å². The van der Waals surface area contributed by atoms with Crippen LogP contribution in [0.3, 0.4) is 0 Å². The Hall–Kier alpha value is -2.53. The minimum atomic E-state index is -0.533. The first-order chi connectivity index (χ1) is 14.8. The Morgan fingerprint density at radius 2 is 1.77 bits per heavy atom. The lowest BCUT2D eigenvalue weighted by molar-refractivity contribution is -0.148. The second kappa shape index (κ2) is 8.68. The molecule has 5 heteroatoms. The highest BCUT2D eigenvalue weighted by molar-refractivity contribution is 5.82. The number of hydrogen-bond donors (Lipinski definition) is 0. The van der Waals surface area contributed by atoms with Crippen molar-refractivity contribution in [2.24, 2.45) is 5.92 Å². The Morgan fingerprint density at radius 3 is 2.63 bits per heavy atom. The number of carbonyl (C=O) groups excluding carboxylic acids is 1. The molecule has 0 aliphatic carbocycles. The first-order valence-corrected chi connectivity index (χ1v) is 11.2. The molecule has 0 N–H and O–H groups in total. The van der Waals surface area contributed by atoms with Crippen molar-refractivity contribution in [2.75, 3.05) is 32.8 Å². The average molecular weight is 407 g/mol. The van der Waals surface area contributed by atoms with E-state index < -0.39 is 6.10 Å². The summed E-state index contributed by atoms with van der Waals surface area (Å²) in [6, 6.07) is 18.6. The molecule has 3 heterocycles. The molecule has 2 aromatic carbocycles. The molecule has 2 saturated heterocycles. The monoisotopic (exact) mass is 406 g/mol. The van der Waals surface area contributed by atoms with Gasteiger partial charge in [-0.05, 0) is 49.3 Å². The summed E-state index contributed by atoms with van der Waals surface area (Å²) in [5.41, 5.74) is 1.40. The molecule has 3 atom stereocenters. The van der Waals surface area contributed by atoms with E-state index in [-0.39, 0.29) is 5.91 Å². The number of para-hydroxylation sites is 2. The van der Waals surface area contributed by atoms with Crippen LogP contribution in [0.4, 0.5) is 0 Å². The largest absolute Gasteiger partial charge is 0.485 e. The molecule has 0 bridgehead atoms. The molecule has 5 nitrogen and oxygen atoms in total. The van der Waals surface area contributed by atoms with Gasteiger partial charge in [-0.15, -0.1) is 0 Å². The number of ether oxygens (including phenoxy) is 2. The Bertz CT molecular complexity index is 872. The van der Waals surface area contributed by atoms with Gasteiger partial charge >= 0.3 is 0 Å². The summed E-state index contributed by atoms with van der Waals surface area (Å²) < 4.78 is 11.8. The molecule has 2 fully saturated rings. The fraction of sp³-hybridized carbons (Fsp3) is 0.480. The van der Waals surface area contributed by atoms with Gasteiger partial charge in [-0.25, -0.2) is 0 Å². The van der Waals surface area contributed by atoms with Crippen LogP contribution in [0.2, 0.25) is 0 Å². The van der Waals surface area contributed by atoms with E-state index >= 15 is 0 Å². The number of benzene rings is 2. The zero-order chi connectivity index (χ0) is 20.3. The molecule has 30 heavy (non-hydrogen) atoms. The van der Waals surface area contributed by atoms with Crippen molar-refractivity contribution >= 4 is 5.91 Å². The highest BCUT2D eigenvalue weighted by Gasteiger charge is 2.41. The number of rotatable bonds is 4. The summed E-state index contributed by atoms with van der Waals surface area (Å²) in [6.07, 6.45) is 3.89. The fourth-order valence-corrected chi connectivity index (χ4v) is 5.21. The van der Waals surface area contributed by atoms with E-state index in [0.29, 0.717) is 24.3 Å². The molecular weight excluding hydrogens is 376 g/mol. The number of piperidine rings is 2. The molecule has 0 aromatic heterocycles. The van der Waals surface area contributed by atoms with E-state index in [1.165, 1.54) is 12.0 Å². The Morgan fingerprint density at radius 1 is 0.967 bits per heavy atom. The van der Waals surface area contributed by atoms with Crippen molar-refractivity contribution in [3.63, 3.8) is 0 Å². The van der Waals surface area contributed by atoms with Crippen molar-refractivity contribution < 1.29 is 14.3 Å². The number of amides is 1. The van der Waals surface area contributed by atoms with Crippen LogP contribution in [0, 0.1) is 5.92 Å². The third-order valence-electron chi connectivity index (χ3n) is 6.78. The Balaban J connectivity index is 1.19. The van der Waals surface area contributed by atoms with E-state index in [1.807, 2.05) is 24.3 Å². The minimum absolute atomic E-state index is 0.0944. The highest BCUT2D eigenvalue weighted by Crippen LogP contribution is 2.34. The SMILES string of the molecule is O=C([C@@H]1COc2ccccc2O1)N1CCC[C@@H]2CN(CCc3ccccc3)CC[C@@H]21. The minimum Gasteiger partial charge on any atom is -0.485 e. The van der Waals surface area contributed by atoms with Crippen LogP contribution in [0.1, 0.15) is 24.8 Å². The van der Waals surface area contributed by atoms with Gasteiger partial charge in [0, 0.05) is 32.2 Å². The zero-order valence-corrected chi connectivity index (χ0v) is 17.4. The van der Waals surface area contributed by atoms with Crippen molar-refractivity contribution in [2.45, 2.75) is 37.8 Å². The maximum atomic E-state index is 13.3. The van der Waals surface area contributed by atoms with E-state index in [9.17, 15) is 4.79 Å². The fourth-order valence-electron chi connectivity index (χ4n) is 5.21. The van der Waals surface area contributed by atoms with Crippen molar-refractivity contribution in [1.29, 1.82) is 0 Å². The van der Waals surface area contributed by atoms with Crippen LogP contribution in [-0.2, 0) is 11.2 Å². The number of likely N-dealkylation sites (tertiary alicyclic amines) is 2. The van der Waals surface area contributed by atoms with E-state index in [4.69, 9.17) is 9.47 Å². The first kappa shape index (κ1) is 19.4. The van der Waals surface area contributed by atoms with E-state index in [0.717, 1.165) is 51.2 Å². The van der Waals surface area contributed by atoms with Gasteiger partial charge in [0.25, 0.3) is 5.91 Å². The Labute approximate surface area is 178 Å². The van der Waals surface area contributed by atoms with Gasteiger partial charge in [-0.3, -0.25) is 4.79 Å². The lowest BCUT2D eigenvalue weighted by Crippen LogP contribution is -2.59. The molecule has 3 aliphatic heterocycles. The van der Waals surface area contributed by atoms with Gasteiger partial charge in [-0.1, -0.05) is 42.5 Å². The summed E-state index contributed by atoms with van der Waals surface area (Å²) in [5, 5.41) is 0. The predicted molar refractivity (Wildman–Crippen MR) is 116 cm³/mol. The second-order valence-electron chi connectivity index (χ2n) is 8.69. The lowest BCUT2D eigenvalue weighted by Gasteiger charge is -2.48. The molecule has 3 aliphatic rings. The molecule has 0 unspecified atom stereocenters. The molecule has 5 rings (SSSR count). The molecule has 0 saturated carbocycles. The zero-order valence-electron chi connectivity index (χ0n) is 17.4. The average Bonchev–Trinajstić information content (AvgIpc) is 2.82. The van der Waals surface area contributed by atoms with E-state index in [2.05, 4.69) is 40.1 Å². The lowest BCUT2D eigenvalue weighted by atomic mass is 9.83. The molecule has 1 amide bonds. The standard InChI is InChI=1S/C25H30N2O3/c28-25(24-18-29-22-10-4-5-11-23(22)30-24)27-14-6-9-20-17-26(16-13-21(20)27)15-12-19-7-2-1-3-8-19/h1-5,7-8,10-11,20-21,24H,6,9,12-18H2/t20-,21+,24+/m1/s1. The van der Waals surface area contributed by atoms with Gasteiger partial charge in [0.15, 0.2) is 11.5 Å². The molecule has 158 valence electrons. The second-order valence-corrected chi connectivity index (χ2v) is 8.69. The maximum Gasteiger partial charge on any atom is 0.267 e. The third-order valence-corrected chi connectivity index (χ3v) is 6.78. The summed E-state index contributed by atoms with van der Waals surface area (Å²) in [5.74, 6) is 2.05. The van der Waals surface area contributed by atoms with Crippen LogP contribution >= 0.6 is 0 Å². The van der Waals surface area contributed by atoms with Gasteiger partial charge in [0.05, 0.1) is 0 Å². The van der Waals surface area contributed by atoms with Crippen LogP contribution in [0.25, 0.3) is 0 Å². The smallest absolute Gasteiger partial charge is 0.267 e. The topological polar surface area (TPSA) is 42.0 Å². The Kier molecular flexibility index (Phi) is 5.63. The molecular formula is C25H30N2O3. The van der Waals surface area contributed by atoms with Gasteiger partial charge in [0.1, 0.15) is 6.61 Å². The van der Waals surface area contributed by atoms with Crippen LogP contribution in [0.5, 0.6) is 11.5 Å². The maximum absolute atomic E-state index is 13.3. The number of carbonyl (C=O) groups is 1. The number of fused-ring (bicyclic) bond motifs is 2. The summed E-state index contributed by atoms with van der Waals surface area (Å²) in [4.78, 5) is 18.0. The van der Waals surface area contributed by atoms with Gasteiger partial charge in [-0.2, -0.15) is 0 Å². The summed E-state index contributed by atoms with van der Waals surface area (Å²) in [7, 11) is 0. The molecule has 0 radical (unpaired) electrons. The predicted octanol–water partition coefficient (Wildman–Crippen LogP) is 3.38. The molecule has 0 spiro atoms. The third kappa shape index (κ3) is 4.04. The van der Waals surface area contributed by atoms with Crippen molar-refractivity contribution in [1.82, 2.24) is 9.80 Å². The normalized spacial score (nSPS) is 26.1. The number of nitrogens with zero attached hydrogens (tertiary/aromatic N) is 2. The van der Waals surface area contributed by atoms with E-state index in [1.54, 1.807) is 0 Å². The van der Waals surface area contributed by atoms with Gasteiger partial charge < -0.3 is 19.3 Å². The summed E-state index contributed by atoms with van der Waals surface area (Å²) >= 11 is 0. The van der Waals surface area contributed by atoms with Crippen LogP contribution < -0.4 is 9.47 Å². The van der Waals surface area contributed by atoms with Crippen molar-refractivity contribution in [3.05, 3.63) is 60.2 Å². The van der Waals surface area contributed by atoms with Crippen LogP contribution in [0.15, 0.2) is 54.6 Å². The molecule has 2 aromatic rings. The highest BCUT2D eigenvalue weighted by atomic mass is 16.6. The quantitative estimate of drug-likeness (QED) is 0.781. The number of hydrogen-bond acceptors (Lipinski definition) is 4. The first-order valence-electron chi connectivity index (χ1n) is 11.2. The van der Waals surface area contributed by atoms with Crippen molar-refractivity contribution in [3.8, 4) is 11.5 Å².